The van der Waals surface area contributed by atoms with E-state index in [9.17, 15) is 0 Å². The fourth-order valence-electron chi connectivity index (χ4n) is 3.00. The van der Waals surface area contributed by atoms with Gasteiger partial charge in [-0.2, -0.15) is 4.98 Å². The third-order valence-corrected chi connectivity index (χ3v) is 4.59. The molecule has 1 aliphatic heterocycles. The molecular formula is C18H25N5O. The van der Waals surface area contributed by atoms with Crippen LogP contribution in [0.15, 0.2) is 28.8 Å². The fourth-order valence-corrected chi connectivity index (χ4v) is 3.00. The maximum absolute atomic E-state index is 7.52. The number of aryl methyl sites for hydroxylation is 1. The monoisotopic (exact) mass is 327 g/mol. The van der Waals surface area contributed by atoms with Crippen molar-refractivity contribution in [3.05, 3.63) is 35.7 Å². The Bertz CT molecular complexity index is 679. The summed E-state index contributed by atoms with van der Waals surface area (Å²) in [6, 6.07) is 8.33. The summed E-state index contributed by atoms with van der Waals surface area (Å²) in [6.07, 6.45) is 7.11. The van der Waals surface area contributed by atoms with Gasteiger partial charge < -0.3 is 15.2 Å². The first-order chi connectivity index (χ1) is 11.7. The van der Waals surface area contributed by atoms with E-state index in [4.69, 9.17) is 15.7 Å². The summed E-state index contributed by atoms with van der Waals surface area (Å²) in [6.45, 7) is 3.00. The second kappa shape index (κ2) is 7.47. The third kappa shape index (κ3) is 3.58. The Labute approximate surface area is 142 Å². The molecule has 0 bridgehead atoms. The van der Waals surface area contributed by atoms with Gasteiger partial charge >= 0.3 is 0 Å². The largest absolute Gasteiger partial charge is 0.370 e. The van der Waals surface area contributed by atoms with Crippen molar-refractivity contribution in [3.63, 3.8) is 0 Å². The number of likely N-dealkylation sites (tertiary alicyclic amines) is 1. The summed E-state index contributed by atoms with van der Waals surface area (Å²) >= 11 is 0. The average Bonchev–Trinajstić information content (AvgIpc) is 3.00. The second-order valence-corrected chi connectivity index (χ2v) is 6.35. The highest BCUT2D eigenvalue weighted by atomic mass is 16.5. The van der Waals surface area contributed by atoms with Crippen LogP contribution in [-0.2, 0) is 6.42 Å². The molecule has 6 nitrogen and oxygen atoms in total. The molecule has 0 aliphatic carbocycles. The van der Waals surface area contributed by atoms with E-state index in [0.717, 1.165) is 24.9 Å². The summed E-state index contributed by atoms with van der Waals surface area (Å²) in [5, 5.41) is 11.6. The summed E-state index contributed by atoms with van der Waals surface area (Å²) in [5.74, 6) is 1.19. The molecule has 0 radical (unpaired) electrons. The molecule has 2 heterocycles. The van der Waals surface area contributed by atoms with Crippen LogP contribution in [0.2, 0.25) is 0 Å². The number of guanidine groups is 1. The van der Waals surface area contributed by atoms with E-state index in [1.54, 1.807) is 4.90 Å². The van der Waals surface area contributed by atoms with E-state index in [1.807, 2.05) is 12.1 Å². The molecule has 1 aromatic heterocycles. The van der Waals surface area contributed by atoms with Crippen molar-refractivity contribution in [2.24, 2.45) is 5.73 Å². The topological polar surface area (TPSA) is 92.0 Å². The van der Waals surface area contributed by atoms with E-state index >= 15 is 0 Å². The number of hydrogen-bond donors (Lipinski definition) is 2. The molecule has 0 spiro atoms. The van der Waals surface area contributed by atoms with Crippen LogP contribution in [-0.4, -0.2) is 27.5 Å². The summed E-state index contributed by atoms with van der Waals surface area (Å²) in [4.78, 5) is 6.24. The van der Waals surface area contributed by atoms with Gasteiger partial charge in [-0.05, 0) is 24.8 Å². The number of unbranched alkanes of at least 4 members (excludes halogenated alkanes) is 3. The Morgan fingerprint density at radius 3 is 2.71 bits per heavy atom. The van der Waals surface area contributed by atoms with Crippen LogP contribution in [0.5, 0.6) is 0 Å². The maximum Gasteiger partial charge on any atom is 0.249 e. The van der Waals surface area contributed by atoms with Gasteiger partial charge in [-0.3, -0.25) is 5.41 Å². The van der Waals surface area contributed by atoms with Gasteiger partial charge in [-0.1, -0.05) is 55.6 Å². The van der Waals surface area contributed by atoms with Gasteiger partial charge in [0.1, 0.15) is 6.04 Å². The van der Waals surface area contributed by atoms with Gasteiger partial charge in [0.25, 0.3) is 0 Å². The van der Waals surface area contributed by atoms with Crippen LogP contribution in [0.4, 0.5) is 0 Å². The van der Waals surface area contributed by atoms with Gasteiger partial charge in [0, 0.05) is 12.1 Å². The lowest BCUT2D eigenvalue weighted by molar-refractivity contribution is 0.141. The molecule has 1 saturated heterocycles. The molecule has 0 amide bonds. The Morgan fingerprint density at radius 1 is 1.29 bits per heavy atom. The number of aromatic nitrogens is 2. The van der Waals surface area contributed by atoms with Gasteiger partial charge in [0.2, 0.25) is 11.7 Å². The van der Waals surface area contributed by atoms with E-state index in [0.29, 0.717) is 11.7 Å². The normalized spacial score (nSPS) is 16.9. The molecular weight excluding hydrogens is 302 g/mol. The first-order valence-corrected chi connectivity index (χ1v) is 8.72. The lowest BCUT2D eigenvalue weighted by Gasteiger charge is -2.38. The van der Waals surface area contributed by atoms with E-state index in [2.05, 4.69) is 29.2 Å². The molecule has 0 unspecified atom stereocenters. The number of nitrogens with one attached hydrogen (secondary N) is 1. The number of nitrogens with two attached hydrogens (primary N) is 1. The smallest absolute Gasteiger partial charge is 0.249 e. The maximum atomic E-state index is 7.52. The van der Waals surface area contributed by atoms with Gasteiger partial charge in [-0.25, -0.2) is 0 Å². The number of hydrogen-bond acceptors (Lipinski definition) is 4. The number of rotatable bonds is 7. The minimum absolute atomic E-state index is 0.0541. The van der Waals surface area contributed by atoms with Crippen LogP contribution in [0.1, 0.15) is 56.5 Å². The first kappa shape index (κ1) is 16.5. The Balaban J connectivity index is 1.62. The second-order valence-electron chi connectivity index (χ2n) is 6.35. The molecule has 1 aliphatic rings. The molecule has 1 atom stereocenters. The zero-order valence-electron chi connectivity index (χ0n) is 14.2. The quantitative estimate of drug-likeness (QED) is 0.461. The van der Waals surface area contributed by atoms with Crippen molar-refractivity contribution in [3.8, 4) is 11.4 Å². The lowest BCUT2D eigenvalue weighted by atomic mass is 10.0. The summed E-state index contributed by atoms with van der Waals surface area (Å²) in [5.41, 5.74) is 7.84. The Hall–Kier alpha value is -2.37. The van der Waals surface area contributed by atoms with Gasteiger partial charge in [0.15, 0.2) is 5.96 Å². The van der Waals surface area contributed by atoms with Crippen LogP contribution in [0.3, 0.4) is 0 Å². The van der Waals surface area contributed by atoms with Crippen molar-refractivity contribution >= 4 is 5.96 Å². The number of nitrogens with zero attached hydrogens (tertiary/aromatic N) is 3. The predicted molar refractivity (Wildman–Crippen MR) is 93.6 cm³/mol. The van der Waals surface area contributed by atoms with Gasteiger partial charge in [-0.15, -0.1) is 0 Å². The van der Waals surface area contributed by atoms with E-state index < -0.39 is 0 Å². The highest BCUT2D eigenvalue weighted by molar-refractivity contribution is 5.75. The zero-order chi connectivity index (χ0) is 16.9. The zero-order valence-corrected chi connectivity index (χ0v) is 14.2. The third-order valence-electron chi connectivity index (χ3n) is 4.59. The Kier molecular flexibility index (Phi) is 5.13. The Morgan fingerprint density at radius 2 is 2.08 bits per heavy atom. The molecule has 128 valence electrons. The molecule has 6 heteroatoms. The van der Waals surface area contributed by atoms with E-state index in [1.165, 1.54) is 31.2 Å². The van der Waals surface area contributed by atoms with Crippen molar-refractivity contribution in [2.45, 2.75) is 51.5 Å². The molecule has 3 rings (SSSR count). The first-order valence-electron chi connectivity index (χ1n) is 8.72. The molecule has 2 aromatic rings. The highest BCUT2D eigenvalue weighted by Crippen LogP contribution is 2.32. The predicted octanol–water partition coefficient (Wildman–Crippen LogP) is 3.50. The van der Waals surface area contributed by atoms with E-state index in [-0.39, 0.29) is 12.0 Å². The van der Waals surface area contributed by atoms with Crippen LogP contribution in [0, 0.1) is 5.41 Å². The average molecular weight is 327 g/mol. The van der Waals surface area contributed by atoms with Crippen molar-refractivity contribution in [1.82, 2.24) is 15.0 Å². The highest BCUT2D eigenvalue weighted by Gasteiger charge is 2.35. The van der Waals surface area contributed by atoms with Crippen LogP contribution < -0.4 is 5.73 Å². The van der Waals surface area contributed by atoms with Crippen LogP contribution >= 0.6 is 0 Å². The summed E-state index contributed by atoms with van der Waals surface area (Å²) < 4.78 is 5.37. The van der Waals surface area contributed by atoms with Crippen LogP contribution in [0.25, 0.3) is 11.4 Å². The van der Waals surface area contributed by atoms with Crippen molar-refractivity contribution in [2.75, 3.05) is 6.54 Å². The minimum Gasteiger partial charge on any atom is -0.370 e. The molecule has 1 fully saturated rings. The summed E-state index contributed by atoms with van der Waals surface area (Å²) in [7, 11) is 0. The molecule has 3 N–H and O–H groups in total. The standard InChI is InChI=1S/C18H25N5O/c1-2-3-4-5-6-13-7-9-14(10-8-13)16-21-17(24-22-16)15-11-12-23(15)18(19)20/h7-10,15H,2-6,11-12H2,1H3,(H3,19,20)/t15-/m0/s1. The SMILES string of the molecule is CCCCCCc1ccc(-c2noc([C@@H]3CCN3C(=N)N)n2)cc1. The molecule has 24 heavy (non-hydrogen) atoms. The fraction of sp³-hybridized carbons (Fsp3) is 0.500. The van der Waals surface area contributed by atoms with Crippen molar-refractivity contribution in [1.29, 1.82) is 5.41 Å². The number of benzene rings is 1. The minimum atomic E-state index is -0.0541. The van der Waals surface area contributed by atoms with Gasteiger partial charge in [0.05, 0.1) is 0 Å². The molecule has 1 aromatic carbocycles. The molecule has 0 saturated carbocycles. The lowest BCUT2D eigenvalue weighted by Crippen LogP contribution is -2.48. The van der Waals surface area contributed by atoms with Crippen molar-refractivity contribution < 1.29 is 4.52 Å².